The van der Waals surface area contributed by atoms with Crippen LogP contribution in [0.15, 0.2) is 59.0 Å². The van der Waals surface area contributed by atoms with Crippen molar-refractivity contribution < 1.29 is 29.4 Å². The number of allylic oxidation sites excluding steroid dienone is 2. The van der Waals surface area contributed by atoms with E-state index >= 15 is 0 Å². The molecule has 0 saturated heterocycles. The van der Waals surface area contributed by atoms with Gasteiger partial charge in [-0.2, -0.15) is 0 Å². The first-order valence-electron chi connectivity index (χ1n) is 13.9. The van der Waals surface area contributed by atoms with Crippen LogP contribution in [0.2, 0.25) is 0 Å². The number of carbonyl (C=O) groups is 4. The molecular formula is C33H37N4NaO6. The summed E-state index contributed by atoms with van der Waals surface area (Å²) in [4.78, 5) is 54.5. The van der Waals surface area contributed by atoms with Gasteiger partial charge in [-0.1, -0.05) is 25.3 Å². The third-order valence-corrected chi connectivity index (χ3v) is 8.11. The van der Waals surface area contributed by atoms with E-state index < -0.39 is 11.9 Å². The number of aromatic nitrogens is 2. The molecule has 226 valence electrons. The average molecular weight is 609 g/mol. The summed E-state index contributed by atoms with van der Waals surface area (Å²) in [5.41, 5.74) is 10.2. The molecule has 2 aromatic heterocycles. The summed E-state index contributed by atoms with van der Waals surface area (Å²) < 4.78 is 0. The normalized spacial score (nSPS) is 16.5. The molecule has 44 heavy (non-hydrogen) atoms. The van der Waals surface area contributed by atoms with Crippen molar-refractivity contribution in [1.29, 1.82) is 0 Å². The van der Waals surface area contributed by atoms with E-state index in [-0.39, 0.29) is 67.1 Å². The minimum absolute atomic E-state index is 0. The quantitative estimate of drug-likeness (QED) is 0.200. The number of aliphatic carboxylic acids is 2. The van der Waals surface area contributed by atoms with E-state index in [1.54, 1.807) is 13.0 Å². The first-order valence-corrected chi connectivity index (χ1v) is 13.9. The Morgan fingerprint density at radius 2 is 1.16 bits per heavy atom. The van der Waals surface area contributed by atoms with E-state index in [2.05, 4.69) is 33.8 Å². The van der Waals surface area contributed by atoms with Crippen molar-refractivity contribution in [2.75, 3.05) is 0 Å². The van der Waals surface area contributed by atoms with Crippen molar-refractivity contribution >= 4 is 65.5 Å². The van der Waals surface area contributed by atoms with Gasteiger partial charge in [0.1, 0.15) is 0 Å². The fourth-order valence-corrected chi connectivity index (χ4v) is 5.61. The standard InChI is InChI=1S/C33H36N4O6.Na.H/c1-7-20-19(6)32(42)37-27(20)14-25-18(5)23(10-12-31(40)41)29(35-25)15-28-22(9-11-30(38)39)17(4)24(34-28)13-26-16(3)21(8-2)33(43)36-26;;/h7-8,13-14,34-35H,1-2,9-12,15H2,3-6H3,(H,36,43)(H,37,42)(H,38,39)(H,40,41);;/b26-13-,27-14-;;. The second-order valence-electron chi connectivity index (χ2n) is 10.7. The van der Waals surface area contributed by atoms with E-state index in [4.69, 9.17) is 0 Å². The van der Waals surface area contributed by atoms with E-state index in [0.29, 0.717) is 34.5 Å². The summed E-state index contributed by atoms with van der Waals surface area (Å²) in [6, 6.07) is 0. The first-order chi connectivity index (χ1) is 20.4. The van der Waals surface area contributed by atoms with Gasteiger partial charge in [0.2, 0.25) is 0 Å². The van der Waals surface area contributed by atoms with Gasteiger partial charge in [0.05, 0.1) is 5.70 Å². The van der Waals surface area contributed by atoms with Gasteiger partial charge in [0.15, 0.2) is 0 Å². The van der Waals surface area contributed by atoms with Gasteiger partial charge in [-0.05, 0) is 80.5 Å². The Balaban J connectivity index is 0.00000529. The molecule has 2 aliphatic heterocycles. The monoisotopic (exact) mass is 608 g/mol. The number of aromatic amines is 2. The molecule has 11 heteroatoms. The Bertz CT molecular complexity index is 1710. The number of rotatable bonds is 12. The van der Waals surface area contributed by atoms with Crippen LogP contribution in [0.1, 0.15) is 71.7 Å². The third-order valence-electron chi connectivity index (χ3n) is 8.11. The van der Waals surface area contributed by atoms with Crippen LogP contribution < -0.4 is 10.6 Å². The Kier molecular flexibility index (Phi) is 11.0. The number of carboxylic acid groups (broad SMARTS) is 2. The van der Waals surface area contributed by atoms with Gasteiger partial charge in [-0.3, -0.25) is 19.2 Å². The summed E-state index contributed by atoms with van der Waals surface area (Å²) in [5, 5.41) is 24.6. The number of amides is 2. The number of hydrogen-bond acceptors (Lipinski definition) is 4. The molecule has 0 unspecified atom stereocenters. The van der Waals surface area contributed by atoms with Gasteiger partial charge in [-0.15, -0.1) is 0 Å². The van der Waals surface area contributed by atoms with Crippen LogP contribution in [0.4, 0.5) is 0 Å². The molecule has 4 rings (SSSR count). The number of nitrogens with one attached hydrogen (secondary N) is 4. The van der Waals surface area contributed by atoms with Crippen molar-refractivity contribution in [1.82, 2.24) is 20.6 Å². The van der Waals surface area contributed by atoms with Crippen LogP contribution in [0.3, 0.4) is 0 Å². The van der Waals surface area contributed by atoms with E-state index in [1.165, 1.54) is 6.08 Å². The molecule has 0 aromatic carbocycles. The molecule has 6 N–H and O–H groups in total. The SMILES string of the molecule is C=CC1=C(C)/C(=C/c2[nH]c(Cc3[nH]c(/C=C4\NC(=O)C(C)=C4C=C)c(C)c3CCC(=O)O)c(CCC(=O)O)c2C)NC1=O.[NaH]. The molecule has 2 aliphatic rings. The van der Waals surface area contributed by atoms with Crippen molar-refractivity contribution in [2.45, 2.75) is 59.8 Å². The fourth-order valence-electron chi connectivity index (χ4n) is 5.61. The van der Waals surface area contributed by atoms with Gasteiger partial charge in [0, 0.05) is 64.5 Å². The van der Waals surface area contributed by atoms with Gasteiger partial charge in [0.25, 0.3) is 11.8 Å². The van der Waals surface area contributed by atoms with Crippen molar-refractivity contribution in [3.8, 4) is 0 Å². The van der Waals surface area contributed by atoms with E-state index in [9.17, 15) is 29.4 Å². The molecule has 0 spiro atoms. The van der Waals surface area contributed by atoms with Crippen LogP contribution >= 0.6 is 0 Å². The molecule has 2 aromatic rings. The van der Waals surface area contributed by atoms with Gasteiger partial charge >= 0.3 is 41.5 Å². The summed E-state index contributed by atoms with van der Waals surface area (Å²) in [6.07, 6.45) is 7.58. The molecule has 2 amide bonds. The second kappa shape index (κ2) is 14.1. The molecule has 0 radical (unpaired) electrons. The summed E-state index contributed by atoms with van der Waals surface area (Å²) in [5.74, 6) is -2.28. The first kappa shape index (κ1) is 34.4. The zero-order valence-corrected chi connectivity index (χ0v) is 24.8. The summed E-state index contributed by atoms with van der Waals surface area (Å²) >= 11 is 0. The summed E-state index contributed by atoms with van der Waals surface area (Å²) in [7, 11) is 0. The maximum absolute atomic E-state index is 12.3. The van der Waals surface area contributed by atoms with Crippen molar-refractivity contribution in [3.05, 3.63) is 104 Å². The fraction of sp³-hybridized carbons (Fsp3) is 0.273. The molecule has 0 atom stereocenters. The molecule has 0 aliphatic carbocycles. The Morgan fingerprint density at radius 3 is 1.59 bits per heavy atom. The number of carboxylic acids is 2. The zero-order valence-electron chi connectivity index (χ0n) is 24.8. The molecule has 10 nitrogen and oxygen atoms in total. The van der Waals surface area contributed by atoms with Crippen LogP contribution in [0.5, 0.6) is 0 Å². The van der Waals surface area contributed by atoms with Crippen molar-refractivity contribution in [2.24, 2.45) is 0 Å². The number of hydrogen-bond donors (Lipinski definition) is 6. The number of H-pyrrole nitrogens is 2. The van der Waals surface area contributed by atoms with Crippen LogP contribution in [0.25, 0.3) is 12.2 Å². The van der Waals surface area contributed by atoms with E-state index in [1.807, 2.05) is 32.9 Å². The predicted octanol–water partition coefficient (Wildman–Crippen LogP) is 3.88. The van der Waals surface area contributed by atoms with Gasteiger partial charge in [-0.25, -0.2) is 0 Å². The van der Waals surface area contributed by atoms with Crippen molar-refractivity contribution in [3.63, 3.8) is 0 Å². The predicted molar refractivity (Wildman–Crippen MR) is 171 cm³/mol. The van der Waals surface area contributed by atoms with Gasteiger partial charge < -0.3 is 30.8 Å². The maximum atomic E-state index is 12.3. The summed E-state index contributed by atoms with van der Waals surface area (Å²) in [6.45, 7) is 14.9. The topological polar surface area (TPSA) is 164 Å². The molecular weight excluding hydrogens is 571 g/mol. The Labute approximate surface area is 278 Å². The molecule has 0 saturated carbocycles. The van der Waals surface area contributed by atoms with Crippen LogP contribution in [-0.2, 0) is 38.4 Å². The zero-order chi connectivity index (χ0) is 31.6. The van der Waals surface area contributed by atoms with E-state index in [0.717, 1.165) is 50.6 Å². The molecule has 4 heterocycles. The Hall–Kier alpha value is -4.12. The Morgan fingerprint density at radius 1 is 0.705 bits per heavy atom. The minimum atomic E-state index is -0.922. The second-order valence-corrected chi connectivity index (χ2v) is 10.7. The average Bonchev–Trinajstić information content (AvgIpc) is 3.59. The van der Waals surface area contributed by atoms with Crippen LogP contribution in [-0.4, -0.2) is 73.5 Å². The van der Waals surface area contributed by atoms with Crippen LogP contribution in [0, 0.1) is 13.8 Å². The number of carbonyl (C=O) groups excluding carboxylic acids is 2. The molecule has 0 bridgehead atoms. The third kappa shape index (κ3) is 6.99. The molecule has 0 fully saturated rings.